The third-order valence-corrected chi connectivity index (χ3v) is 1.92. The molecule has 3 amide bonds. The fourth-order valence-corrected chi connectivity index (χ4v) is 1.15. The highest BCUT2D eigenvalue weighted by Gasteiger charge is 2.25. The summed E-state index contributed by atoms with van der Waals surface area (Å²) in [5, 5.41) is 22.2. The summed E-state index contributed by atoms with van der Waals surface area (Å²) in [5.41, 5.74) is 4.92. The number of aliphatic hydroxyl groups is 1. The van der Waals surface area contributed by atoms with Crippen LogP contribution in [0.1, 0.15) is 20.3 Å². The molecule has 0 aromatic rings. The number of aliphatic carboxylic acids is 1. The Kier molecular flexibility index (Phi) is 5.97. The lowest BCUT2D eigenvalue weighted by atomic mass is 10.2. The standard InChI is InChI=1S/C9H17N3O5/c1-4(3-6(10)14)11-9(17)12-7(5(2)13)8(15)16/h4-5,7,13H,3H2,1-2H3,(H2,10,14)(H,15,16)(H2,11,12,17). The summed E-state index contributed by atoms with van der Waals surface area (Å²) < 4.78 is 0. The number of nitrogens with two attached hydrogens (primary N) is 1. The molecule has 0 saturated carbocycles. The number of primary amides is 1. The largest absolute Gasteiger partial charge is 0.480 e. The molecule has 0 fully saturated rings. The minimum Gasteiger partial charge on any atom is -0.480 e. The summed E-state index contributed by atoms with van der Waals surface area (Å²) in [7, 11) is 0. The number of hydrogen-bond acceptors (Lipinski definition) is 4. The van der Waals surface area contributed by atoms with Gasteiger partial charge in [0.2, 0.25) is 5.91 Å². The number of nitrogens with one attached hydrogen (secondary N) is 2. The van der Waals surface area contributed by atoms with E-state index in [2.05, 4.69) is 10.6 Å². The lowest BCUT2D eigenvalue weighted by Crippen LogP contribution is -2.53. The highest BCUT2D eigenvalue weighted by Crippen LogP contribution is 1.94. The summed E-state index contributed by atoms with van der Waals surface area (Å²) in [6, 6.07) is -2.71. The molecular formula is C9H17N3O5. The molecule has 0 bridgehead atoms. The predicted octanol–water partition coefficient (Wildman–Crippen LogP) is -1.62. The number of rotatable bonds is 6. The van der Waals surface area contributed by atoms with Crippen molar-refractivity contribution < 1.29 is 24.6 Å². The molecule has 0 aliphatic rings. The number of urea groups is 1. The number of carboxylic acid groups (broad SMARTS) is 1. The van der Waals surface area contributed by atoms with Crippen molar-refractivity contribution in [2.45, 2.75) is 38.5 Å². The minimum absolute atomic E-state index is 0.0557. The first-order valence-electron chi connectivity index (χ1n) is 5.00. The highest BCUT2D eigenvalue weighted by atomic mass is 16.4. The zero-order valence-corrected chi connectivity index (χ0v) is 9.64. The van der Waals surface area contributed by atoms with Gasteiger partial charge in [-0.15, -0.1) is 0 Å². The van der Waals surface area contributed by atoms with E-state index in [-0.39, 0.29) is 6.42 Å². The molecule has 0 aromatic carbocycles. The van der Waals surface area contributed by atoms with Gasteiger partial charge in [0.05, 0.1) is 6.10 Å². The molecule has 0 spiro atoms. The molecule has 0 aromatic heterocycles. The van der Waals surface area contributed by atoms with Crippen LogP contribution in [0.4, 0.5) is 4.79 Å². The second-order valence-electron chi connectivity index (χ2n) is 3.75. The average molecular weight is 247 g/mol. The van der Waals surface area contributed by atoms with Crippen molar-refractivity contribution in [1.29, 1.82) is 0 Å². The number of carbonyl (C=O) groups excluding carboxylic acids is 2. The summed E-state index contributed by atoms with van der Waals surface area (Å²) in [5.74, 6) is -1.93. The molecule has 6 N–H and O–H groups in total. The topological polar surface area (TPSA) is 142 Å². The van der Waals surface area contributed by atoms with Crippen molar-refractivity contribution in [3.05, 3.63) is 0 Å². The highest BCUT2D eigenvalue weighted by molar-refractivity contribution is 5.83. The SMILES string of the molecule is CC(CC(N)=O)NC(=O)NC(C(=O)O)C(C)O. The van der Waals surface area contributed by atoms with Gasteiger partial charge in [-0.25, -0.2) is 9.59 Å². The summed E-state index contributed by atoms with van der Waals surface area (Å²) in [6.45, 7) is 2.79. The van der Waals surface area contributed by atoms with Crippen molar-refractivity contribution >= 4 is 17.9 Å². The van der Waals surface area contributed by atoms with Crippen molar-refractivity contribution in [2.75, 3.05) is 0 Å². The molecule has 3 unspecified atom stereocenters. The van der Waals surface area contributed by atoms with Crippen LogP contribution in [0.15, 0.2) is 0 Å². The Morgan fingerprint density at radius 3 is 2.12 bits per heavy atom. The van der Waals surface area contributed by atoms with Crippen LogP contribution in [0.5, 0.6) is 0 Å². The van der Waals surface area contributed by atoms with Gasteiger partial charge in [-0.2, -0.15) is 0 Å². The summed E-state index contributed by atoms with van der Waals surface area (Å²) in [6.07, 6.45) is -1.29. The van der Waals surface area contributed by atoms with E-state index in [1.807, 2.05) is 0 Å². The van der Waals surface area contributed by atoms with E-state index in [9.17, 15) is 14.4 Å². The second-order valence-corrected chi connectivity index (χ2v) is 3.75. The lowest BCUT2D eigenvalue weighted by molar-refractivity contribution is -0.141. The molecule has 17 heavy (non-hydrogen) atoms. The average Bonchev–Trinajstić information content (AvgIpc) is 2.11. The van der Waals surface area contributed by atoms with Crippen molar-refractivity contribution in [3.8, 4) is 0 Å². The van der Waals surface area contributed by atoms with Crippen LogP contribution in [0.3, 0.4) is 0 Å². The van der Waals surface area contributed by atoms with E-state index in [1.54, 1.807) is 6.92 Å². The van der Waals surface area contributed by atoms with Crippen LogP contribution in [0.25, 0.3) is 0 Å². The Balaban J connectivity index is 4.24. The van der Waals surface area contributed by atoms with Gasteiger partial charge in [0, 0.05) is 12.5 Å². The maximum atomic E-state index is 11.3. The Morgan fingerprint density at radius 1 is 1.24 bits per heavy atom. The smallest absolute Gasteiger partial charge is 0.328 e. The van der Waals surface area contributed by atoms with Crippen LogP contribution < -0.4 is 16.4 Å². The first kappa shape index (κ1) is 15.2. The lowest BCUT2D eigenvalue weighted by Gasteiger charge is -2.19. The maximum absolute atomic E-state index is 11.3. The molecule has 0 aliphatic heterocycles. The van der Waals surface area contributed by atoms with Gasteiger partial charge in [0.25, 0.3) is 0 Å². The number of hydrogen-bond donors (Lipinski definition) is 5. The number of carboxylic acids is 1. The molecule has 0 saturated heterocycles. The van der Waals surface area contributed by atoms with Gasteiger partial charge in [-0.1, -0.05) is 0 Å². The normalized spacial score (nSPS) is 15.5. The Morgan fingerprint density at radius 2 is 1.76 bits per heavy atom. The molecule has 0 rings (SSSR count). The first-order chi connectivity index (χ1) is 7.73. The van der Waals surface area contributed by atoms with E-state index in [0.29, 0.717) is 0 Å². The summed E-state index contributed by atoms with van der Waals surface area (Å²) >= 11 is 0. The van der Waals surface area contributed by atoms with Crippen molar-refractivity contribution in [2.24, 2.45) is 5.73 Å². The van der Waals surface area contributed by atoms with Crippen LogP contribution in [0, 0.1) is 0 Å². The van der Waals surface area contributed by atoms with E-state index < -0.39 is 36.1 Å². The monoisotopic (exact) mass is 247 g/mol. The van der Waals surface area contributed by atoms with Gasteiger partial charge in [0.15, 0.2) is 6.04 Å². The molecule has 8 nitrogen and oxygen atoms in total. The molecule has 8 heteroatoms. The first-order valence-corrected chi connectivity index (χ1v) is 5.00. The van der Waals surface area contributed by atoms with Crippen LogP contribution in [-0.4, -0.2) is 46.3 Å². The van der Waals surface area contributed by atoms with Gasteiger partial charge in [0.1, 0.15) is 0 Å². The van der Waals surface area contributed by atoms with Crippen LogP contribution in [-0.2, 0) is 9.59 Å². The maximum Gasteiger partial charge on any atom is 0.328 e. The molecule has 0 aliphatic carbocycles. The third kappa shape index (κ3) is 6.36. The Hall–Kier alpha value is -1.83. The van der Waals surface area contributed by atoms with Crippen molar-refractivity contribution in [1.82, 2.24) is 10.6 Å². The third-order valence-electron chi connectivity index (χ3n) is 1.92. The fraction of sp³-hybridized carbons (Fsp3) is 0.667. The van der Waals surface area contributed by atoms with E-state index >= 15 is 0 Å². The molecule has 3 atom stereocenters. The minimum atomic E-state index is -1.41. The zero-order valence-electron chi connectivity index (χ0n) is 9.64. The Bertz CT molecular complexity index is 305. The second kappa shape index (κ2) is 6.69. The quantitative estimate of drug-likeness (QED) is 0.383. The zero-order chi connectivity index (χ0) is 13.6. The van der Waals surface area contributed by atoms with Crippen LogP contribution in [0.2, 0.25) is 0 Å². The van der Waals surface area contributed by atoms with Gasteiger partial charge in [-0.3, -0.25) is 4.79 Å². The fourth-order valence-electron chi connectivity index (χ4n) is 1.15. The van der Waals surface area contributed by atoms with E-state index in [0.717, 1.165) is 0 Å². The Labute approximate surface area is 98.2 Å². The molecule has 0 radical (unpaired) electrons. The molecule has 98 valence electrons. The van der Waals surface area contributed by atoms with Crippen LogP contribution >= 0.6 is 0 Å². The van der Waals surface area contributed by atoms with Crippen molar-refractivity contribution in [3.63, 3.8) is 0 Å². The number of amides is 3. The van der Waals surface area contributed by atoms with E-state index in [1.165, 1.54) is 6.92 Å². The molecule has 0 heterocycles. The number of aliphatic hydroxyl groups excluding tert-OH is 1. The summed E-state index contributed by atoms with van der Waals surface area (Å²) in [4.78, 5) is 32.5. The van der Waals surface area contributed by atoms with E-state index in [4.69, 9.17) is 15.9 Å². The number of carbonyl (C=O) groups is 3. The van der Waals surface area contributed by atoms with Gasteiger partial charge >= 0.3 is 12.0 Å². The van der Waals surface area contributed by atoms with Gasteiger partial charge in [-0.05, 0) is 13.8 Å². The van der Waals surface area contributed by atoms with Gasteiger partial charge < -0.3 is 26.6 Å². The molecular weight excluding hydrogens is 230 g/mol. The predicted molar refractivity (Wildman–Crippen MR) is 58.0 cm³/mol.